The Kier molecular flexibility index (Phi) is 4.09. The first kappa shape index (κ1) is 9.53. The van der Waals surface area contributed by atoms with E-state index >= 15 is 0 Å². The minimum Gasteiger partial charge on any atom is -0.0839 e. The standard InChI is InChI=1S/C11H12Br/c1-2-3-4-7-10-8-5-6-9-11(10)12/h4-9H,1-3H2/b7-4+. The van der Waals surface area contributed by atoms with Gasteiger partial charge in [-0.25, -0.2) is 0 Å². The molecule has 0 aliphatic rings. The third-order valence-corrected chi connectivity index (χ3v) is 2.30. The molecule has 1 aromatic rings. The number of rotatable bonds is 3. The molecule has 0 atom stereocenters. The topological polar surface area (TPSA) is 0 Å². The first-order valence-corrected chi connectivity index (χ1v) is 4.84. The second kappa shape index (κ2) is 5.15. The van der Waals surface area contributed by atoms with Crippen molar-refractivity contribution in [2.45, 2.75) is 12.8 Å². The Balaban J connectivity index is 2.68. The maximum absolute atomic E-state index is 3.78. The average Bonchev–Trinajstić information content (AvgIpc) is 2.09. The molecule has 1 rings (SSSR count). The summed E-state index contributed by atoms with van der Waals surface area (Å²) in [6.45, 7) is 3.78. The lowest BCUT2D eigenvalue weighted by Gasteiger charge is -1.95. The smallest absolute Gasteiger partial charge is 0.0247 e. The van der Waals surface area contributed by atoms with E-state index in [1.54, 1.807) is 0 Å². The molecule has 63 valence electrons. The van der Waals surface area contributed by atoms with Gasteiger partial charge in [0.2, 0.25) is 0 Å². The van der Waals surface area contributed by atoms with E-state index < -0.39 is 0 Å². The van der Waals surface area contributed by atoms with Crippen molar-refractivity contribution in [2.75, 3.05) is 0 Å². The second-order valence-electron chi connectivity index (χ2n) is 2.57. The highest BCUT2D eigenvalue weighted by atomic mass is 79.9. The van der Waals surface area contributed by atoms with Gasteiger partial charge in [0.25, 0.3) is 0 Å². The fourth-order valence-corrected chi connectivity index (χ4v) is 1.36. The molecule has 0 spiro atoms. The van der Waals surface area contributed by atoms with Gasteiger partial charge in [0.1, 0.15) is 0 Å². The molecule has 12 heavy (non-hydrogen) atoms. The molecule has 0 heterocycles. The van der Waals surface area contributed by atoms with Crippen molar-refractivity contribution < 1.29 is 0 Å². The number of hydrogen-bond acceptors (Lipinski definition) is 0. The van der Waals surface area contributed by atoms with E-state index in [2.05, 4.69) is 41.1 Å². The van der Waals surface area contributed by atoms with E-state index in [1.807, 2.05) is 18.2 Å². The predicted octanol–water partition coefficient (Wildman–Crippen LogP) is 4.08. The van der Waals surface area contributed by atoms with Crippen LogP contribution in [0.25, 0.3) is 6.08 Å². The predicted molar refractivity (Wildman–Crippen MR) is 57.8 cm³/mol. The van der Waals surface area contributed by atoms with Gasteiger partial charge in [-0.15, -0.1) is 0 Å². The Hall–Kier alpha value is -0.560. The minimum atomic E-state index is 0.959. The zero-order valence-electron chi connectivity index (χ0n) is 6.96. The van der Waals surface area contributed by atoms with Gasteiger partial charge in [0.05, 0.1) is 0 Å². The van der Waals surface area contributed by atoms with Gasteiger partial charge >= 0.3 is 0 Å². The summed E-state index contributed by atoms with van der Waals surface area (Å²) in [6, 6.07) is 8.19. The number of hydrogen-bond donors (Lipinski definition) is 0. The summed E-state index contributed by atoms with van der Waals surface area (Å²) in [4.78, 5) is 0. The molecule has 0 bridgehead atoms. The summed E-state index contributed by atoms with van der Waals surface area (Å²) in [5.74, 6) is 0. The van der Waals surface area contributed by atoms with Gasteiger partial charge in [-0.3, -0.25) is 0 Å². The van der Waals surface area contributed by atoms with Crippen LogP contribution >= 0.6 is 15.9 Å². The molecule has 0 amide bonds. The van der Waals surface area contributed by atoms with Gasteiger partial charge in [-0.2, -0.15) is 0 Å². The highest BCUT2D eigenvalue weighted by molar-refractivity contribution is 9.10. The van der Waals surface area contributed by atoms with E-state index in [1.165, 1.54) is 5.56 Å². The second-order valence-corrected chi connectivity index (χ2v) is 3.42. The molecule has 0 unspecified atom stereocenters. The maximum Gasteiger partial charge on any atom is 0.0247 e. The summed E-state index contributed by atoms with van der Waals surface area (Å²) >= 11 is 3.48. The van der Waals surface area contributed by atoms with Crippen molar-refractivity contribution in [1.82, 2.24) is 0 Å². The third kappa shape index (κ3) is 2.82. The van der Waals surface area contributed by atoms with Crippen molar-refractivity contribution in [1.29, 1.82) is 0 Å². The van der Waals surface area contributed by atoms with Crippen LogP contribution < -0.4 is 0 Å². The number of benzene rings is 1. The molecular weight excluding hydrogens is 212 g/mol. The molecule has 0 N–H and O–H groups in total. The van der Waals surface area contributed by atoms with Gasteiger partial charge in [0, 0.05) is 4.47 Å². The van der Waals surface area contributed by atoms with Crippen molar-refractivity contribution in [3.63, 3.8) is 0 Å². The highest BCUT2D eigenvalue weighted by Gasteiger charge is 1.90. The minimum absolute atomic E-state index is 0.959. The lowest BCUT2D eigenvalue weighted by Crippen LogP contribution is -1.73. The van der Waals surface area contributed by atoms with Gasteiger partial charge in [-0.05, 0) is 24.5 Å². The van der Waals surface area contributed by atoms with Gasteiger partial charge in [0.15, 0.2) is 0 Å². The molecule has 0 aliphatic carbocycles. The van der Waals surface area contributed by atoms with Crippen LogP contribution in [-0.2, 0) is 0 Å². The molecule has 0 aromatic heterocycles. The number of allylic oxidation sites excluding steroid dienone is 1. The van der Waals surface area contributed by atoms with Crippen LogP contribution in [0.15, 0.2) is 34.8 Å². The first-order valence-electron chi connectivity index (χ1n) is 4.05. The fraction of sp³-hybridized carbons (Fsp3) is 0.182. The summed E-state index contributed by atoms with van der Waals surface area (Å²) in [5, 5.41) is 0. The van der Waals surface area contributed by atoms with E-state index in [0.717, 1.165) is 17.3 Å². The Morgan fingerprint density at radius 1 is 1.33 bits per heavy atom. The van der Waals surface area contributed by atoms with Crippen molar-refractivity contribution in [2.24, 2.45) is 0 Å². The molecule has 0 saturated heterocycles. The molecule has 0 saturated carbocycles. The summed E-state index contributed by atoms with van der Waals surface area (Å²) in [5.41, 5.74) is 1.23. The van der Waals surface area contributed by atoms with Crippen molar-refractivity contribution in [3.05, 3.63) is 47.3 Å². The number of unbranched alkanes of at least 4 members (excludes halogenated alkanes) is 1. The largest absolute Gasteiger partial charge is 0.0839 e. The van der Waals surface area contributed by atoms with Gasteiger partial charge in [-0.1, -0.05) is 53.2 Å². The monoisotopic (exact) mass is 223 g/mol. The molecule has 0 nitrogen and oxygen atoms in total. The van der Waals surface area contributed by atoms with Crippen LogP contribution in [0.5, 0.6) is 0 Å². The van der Waals surface area contributed by atoms with Crippen LogP contribution in [0, 0.1) is 6.92 Å². The molecule has 1 radical (unpaired) electrons. The molecule has 0 fully saturated rings. The zero-order valence-corrected chi connectivity index (χ0v) is 8.55. The molecular formula is C11H12Br. The Morgan fingerprint density at radius 3 is 2.75 bits per heavy atom. The van der Waals surface area contributed by atoms with Crippen LogP contribution in [-0.4, -0.2) is 0 Å². The lowest BCUT2D eigenvalue weighted by molar-refractivity contribution is 1.05. The first-order chi connectivity index (χ1) is 5.84. The lowest BCUT2D eigenvalue weighted by atomic mass is 10.2. The molecule has 1 heteroatoms. The SMILES string of the molecule is [CH2]CC/C=C/c1ccccc1Br. The summed E-state index contributed by atoms with van der Waals surface area (Å²) in [7, 11) is 0. The average molecular weight is 224 g/mol. The van der Waals surface area contributed by atoms with Crippen molar-refractivity contribution in [3.8, 4) is 0 Å². The van der Waals surface area contributed by atoms with Crippen LogP contribution in [0.2, 0.25) is 0 Å². The van der Waals surface area contributed by atoms with Crippen LogP contribution in [0.4, 0.5) is 0 Å². The van der Waals surface area contributed by atoms with Crippen molar-refractivity contribution >= 4 is 22.0 Å². The molecule has 0 aliphatic heterocycles. The normalized spacial score (nSPS) is 10.8. The fourth-order valence-electron chi connectivity index (χ4n) is 0.938. The maximum atomic E-state index is 3.78. The summed E-state index contributed by atoms with van der Waals surface area (Å²) in [6.07, 6.45) is 6.27. The summed E-state index contributed by atoms with van der Waals surface area (Å²) < 4.78 is 1.14. The van der Waals surface area contributed by atoms with Crippen LogP contribution in [0.3, 0.4) is 0 Å². The van der Waals surface area contributed by atoms with E-state index in [9.17, 15) is 0 Å². The van der Waals surface area contributed by atoms with Gasteiger partial charge < -0.3 is 0 Å². The Morgan fingerprint density at radius 2 is 2.08 bits per heavy atom. The van der Waals surface area contributed by atoms with E-state index in [-0.39, 0.29) is 0 Å². The quantitative estimate of drug-likeness (QED) is 0.725. The number of halogens is 1. The third-order valence-electron chi connectivity index (χ3n) is 1.57. The Labute approximate surface area is 82.4 Å². The zero-order chi connectivity index (χ0) is 8.81. The Bertz CT molecular complexity index is 263. The van der Waals surface area contributed by atoms with Crippen LogP contribution in [0.1, 0.15) is 18.4 Å². The van der Waals surface area contributed by atoms with E-state index in [4.69, 9.17) is 0 Å². The molecule has 1 aromatic carbocycles. The highest BCUT2D eigenvalue weighted by Crippen LogP contribution is 2.17. The van der Waals surface area contributed by atoms with E-state index in [0.29, 0.717) is 0 Å².